The second-order valence-corrected chi connectivity index (χ2v) is 10.4. The highest BCUT2D eigenvalue weighted by Crippen LogP contribution is 2.30. The zero-order chi connectivity index (χ0) is 27.2. The van der Waals surface area contributed by atoms with Gasteiger partial charge in [-0.25, -0.2) is 4.98 Å². The minimum absolute atomic E-state index is 0.0224. The fourth-order valence-electron chi connectivity index (χ4n) is 5.50. The molecule has 39 heavy (non-hydrogen) atoms. The first-order valence-corrected chi connectivity index (χ1v) is 13.8. The number of rotatable bonds is 10. The smallest absolute Gasteiger partial charge is 0.251 e. The summed E-state index contributed by atoms with van der Waals surface area (Å²) in [6.45, 7) is 3.11. The Hall–Kier alpha value is -3.75. The Bertz CT molecular complexity index is 1450. The maximum Gasteiger partial charge on any atom is 0.251 e. The number of amides is 2. The number of fused-ring (bicyclic) bond motifs is 2. The fraction of sp³-hybridized carbons (Fsp3) is 0.387. The van der Waals surface area contributed by atoms with Crippen molar-refractivity contribution in [2.75, 3.05) is 33.4 Å². The molecule has 0 bridgehead atoms. The number of carbonyl (C=O) groups is 2. The van der Waals surface area contributed by atoms with Crippen LogP contribution in [-0.2, 0) is 16.1 Å². The zero-order valence-corrected chi connectivity index (χ0v) is 22.5. The van der Waals surface area contributed by atoms with Crippen LogP contribution in [0.2, 0.25) is 0 Å². The third kappa shape index (κ3) is 6.29. The molecule has 8 heteroatoms. The maximum atomic E-state index is 13.2. The molecular formula is C31H37N5O3. The first-order chi connectivity index (χ1) is 19.0. The molecule has 204 valence electrons. The van der Waals surface area contributed by atoms with Gasteiger partial charge in [0.2, 0.25) is 5.91 Å². The number of para-hydroxylation sites is 2. The number of aromatic nitrogens is 2. The van der Waals surface area contributed by atoms with Crippen LogP contribution in [0.15, 0.2) is 66.7 Å². The van der Waals surface area contributed by atoms with Gasteiger partial charge in [0.05, 0.1) is 11.0 Å². The van der Waals surface area contributed by atoms with Gasteiger partial charge in [-0.15, -0.1) is 0 Å². The summed E-state index contributed by atoms with van der Waals surface area (Å²) in [5.41, 5.74) is 8.98. The number of imidazole rings is 1. The molecule has 3 aromatic carbocycles. The molecule has 1 saturated heterocycles. The number of carbonyl (C=O) groups excluding carboxylic acids is 2. The second-order valence-electron chi connectivity index (χ2n) is 10.4. The van der Waals surface area contributed by atoms with Gasteiger partial charge >= 0.3 is 0 Å². The highest BCUT2D eigenvalue weighted by atomic mass is 16.5. The normalized spacial score (nSPS) is 16.5. The number of nitrogens with one attached hydrogen (secondary N) is 1. The molecule has 2 atom stereocenters. The summed E-state index contributed by atoms with van der Waals surface area (Å²) < 4.78 is 7.57. The van der Waals surface area contributed by atoms with Gasteiger partial charge in [-0.05, 0) is 54.3 Å². The van der Waals surface area contributed by atoms with E-state index in [2.05, 4.69) is 16.0 Å². The predicted molar refractivity (Wildman–Crippen MR) is 154 cm³/mol. The van der Waals surface area contributed by atoms with Crippen LogP contribution < -0.4 is 11.1 Å². The van der Waals surface area contributed by atoms with E-state index in [1.807, 2.05) is 65.6 Å². The topological polar surface area (TPSA) is 102 Å². The van der Waals surface area contributed by atoms with Crippen LogP contribution in [0.1, 0.15) is 47.8 Å². The van der Waals surface area contributed by atoms with Gasteiger partial charge in [0.15, 0.2) is 0 Å². The van der Waals surface area contributed by atoms with Crippen molar-refractivity contribution in [3.05, 3.63) is 78.1 Å². The summed E-state index contributed by atoms with van der Waals surface area (Å²) in [6, 6.07) is 21.3. The lowest BCUT2D eigenvalue weighted by Gasteiger charge is -2.33. The van der Waals surface area contributed by atoms with Gasteiger partial charge in [-0.2, -0.15) is 0 Å². The number of benzene rings is 3. The fourth-order valence-corrected chi connectivity index (χ4v) is 5.50. The molecule has 2 heterocycles. The number of nitrogens with zero attached hydrogens (tertiary/aromatic N) is 3. The van der Waals surface area contributed by atoms with E-state index >= 15 is 0 Å². The molecule has 2 amide bonds. The van der Waals surface area contributed by atoms with Crippen LogP contribution >= 0.6 is 0 Å². The second kappa shape index (κ2) is 12.4. The van der Waals surface area contributed by atoms with Crippen molar-refractivity contribution in [3.63, 3.8) is 0 Å². The largest absolute Gasteiger partial charge is 0.385 e. The molecule has 0 saturated carbocycles. The SMILES string of the molecule is COCCCn1c([C@@H]2CCCN(C(=O)C[C@H](N)CNC(=O)c3ccc4ccccc4c3)C2)nc2ccccc21. The van der Waals surface area contributed by atoms with Crippen molar-refractivity contribution < 1.29 is 14.3 Å². The number of methoxy groups -OCH3 is 1. The van der Waals surface area contributed by atoms with E-state index in [1.165, 1.54) is 0 Å². The Morgan fingerprint density at radius 1 is 1.10 bits per heavy atom. The lowest BCUT2D eigenvalue weighted by molar-refractivity contribution is -0.132. The van der Waals surface area contributed by atoms with Crippen LogP contribution in [0.4, 0.5) is 0 Å². The van der Waals surface area contributed by atoms with Crippen molar-refractivity contribution in [1.29, 1.82) is 0 Å². The molecule has 4 aromatic rings. The van der Waals surface area contributed by atoms with Gasteiger partial charge in [0, 0.05) is 63.8 Å². The Kier molecular flexibility index (Phi) is 8.54. The van der Waals surface area contributed by atoms with Crippen molar-refractivity contribution >= 4 is 33.6 Å². The number of nitrogens with two attached hydrogens (primary N) is 1. The summed E-state index contributed by atoms with van der Waals surface area (Å²) in [5, 5.41) is 4.99. The highest BCUT2D eigenvalue weighted by Gasteiger charge is 2.29. The molecule has 1 aliphatic rings. The lowest BCUT2D eigenvalue weighted by Crippen LogP contribution is -2.45. The molecule has 3 N–H and O–H groups in total. The summed E-state index contributed by atoms with van der Waals surface area (Å²) in [4.78, 5) is 32.8. The summed E-state index contributed by atoms with van der Waals surface area (Å²) in [7, 11) is 1.72. The van der Waals surface area contributed by atoms with Crippen molar-refractivity contribution in [2.45, 2.75) is 44.2 Å². The first kappa shape index (κ1) is 26.8. The number of piperidine rings is 1. The number of aryl methyl sites for hydroxylation is 1. The standard InChI is InChI=1S/C31H37N5O3/c1-39-17-7-16-36-28-12-5-4-11-27(28)34-30(36)25-10-6-15-35(21-25)29(37)19-26(32)20-33-31(38)24-14-13-22-8-2-3-9-23(22)18-24/h2-5,8-9,11-14,18,25-26H,6-7,10,15-17,19-21,32H2,1H3,(H,33,38)/t25-,26+/m1/s1. The molecule has 8 nitrogen and oxygen atoms in total. The van der Waals surface area contributed by atoms with Crippen LogP contribution in [0.5, 0.6) is 0 Å². The van der Waals surface area contributed by atoms with Gasteiger partial charge in [0.25, 0.3) is 5.91 Å². The van der Waals surface area contributed by atoms with Crippen molar-refractivity contribution in [3.8, 4) is 0 Å². The number of hydrogen-bond acceptors (Lipinski definition) is 5. The number of hydrogen-bond donors (Lipinski definition) is 2. The quantitative estimate of drug-likeness (QED) is 0.303. The van der Waals surface area contributed by atoms with E-state index in [-0.39, 0.29) is 30.7 Å². The first-order valence-electron chi connectivity index (χ1n) is 13.8. The van der Waals surface area contributed by atoms with Crippen molar-refractivity contribution in [1.82, 2.24) is 19.8 Å². The molecule has 0 unspecified atom stereocenters. The molecule has 1 aromatic heterocycles. The van der Waals surface area contributed by atoms with Gasteiger partial charge in [-0.1, -0.05) is 42.5 Å². The third-order valence-corrected chi connectivity index (χ3v) is 7.53. The summed E-state index contributed by atoms with van der Waals surface area (Å²) >= 11 is 0. The molecule has 0 aliphatic carbocycles. The third-order valence-electron chi connectivity index (χ3n) is 7.53. The Labute approximate surface area is 229 Å². The van der Waals surface area contributed by atoms with E-state index in [9.17, 15) is 9.59 Å². The van der Waals surface area contributed by atoms with Crippen LogP contribution in [0.3, 0.4) is 0 Å². The van der Waals surface area contributed by atoms with Crippen LogP contribution in [0, 0.1) is 0 Å². The van der Waals surface area contributed by atoms with Gasteiger partial charge in [-0.3, -0.25) is 9.59 Å². The molecular weight excluding hydrogens is 490 g/mol. The van der Waals surface area contributed by atoms with E-state index in [1.54, 1.807) is 7.11 Å². The lowest BCUT2D eigenvalue weighted by atomic mass is 9.96. The highest BCUT2D eigenvalue weighted by molar-refractivity contribution is 5.98. The Balaban J connectivity index is 1.18. The molecule has 1 aliphatic heterocycles. The molecule has 1 fully saturated rings. The van der Waals surface area contributed by atoms with Gasteiger partial charge < -0.3 is 25.3 Å². The predicted octanol–water partition coefficient (Wildman–Crippen LogP) is 4.08. The summed E-state index contributed by atoms with van der Waals surface area (Å²) in [5.74, 6) is 1.04. The maximum absolute atomic E-state index is 13.2. The minimum atomic E-state index is -0.457. The van der Waals surface area contributed by atoms with Crippen LogP contribution in [-0.4, -0.2) is 65.7 Å². The van der Waals surface area contributed by atoms with E-state index < -0.39 is 6.04 Å². The van der Waals surface area contributed by atoms with Crippen LogP contribution in [0.25, 0.3) is 21.8 Å². The average molecular weight is 528 g/mol. The van der Waals surface area contributed by atoms with E-state index in [0.29, 0.717) is 18.7 Å². The summed E-state index contributed by atoms with van der Waals surface area (Å²) in [6.07, 6.45) is 3.00. The molecule has 0 spiro atoms. The van der Waals surface area contributed by atoms with E-state index in [0.717, 1.165) is 60.0 Å². The molecule has 5 rings (SSSR count). The van der Waals surface area contributed by atoms with Crippen molar-refractivity contribution in [2.24, 2.45) is 5.73 Å². The monoisotopic (exact) mass is 527 g/mol. The van der Waals surface area contributed by atoms with Gasteiger partial charge in [0.1, 0.15) is 5.82 Å². The number of likely N-dealkylation sites (tertiary alicyclic amines) is 1. The molecule has 0 radical (unpaired) electrons. The Morgan fingerprint density at radius 2 is 1.90 bits per heavy atom. The zero-order valence-electron chi connectivity index (χ0n) is 22.5. The Morgan fingerprint density at radius 3 is 2.74 bits per heavy atom. The average Bonchev–Trinajstić information content (AvgIpc) is 3.34. The minimum Gasteiger partial charge on any atom is -0.385 e. The van der Waals surface area contributed by atoms with E-state index in [4.69, 9.17) is 15.5 Å². The number of ether oxygens (including phenoxy) is 1.